The molecule has 1 aromatic carbocycles. The second-order valence-corrected chi connectivity index (χ2v) is 8.72. The van der Waals surface area contributed by atoms with Crippen molar-refractivity contribution in [3.05, 3.63) is 29.3 Å². The zero-order chi connectivity index (χ0) is 17.8. The van der Waals surface area contributed by atoms with Gasteiger partial charge < -0.3 is 9.84 Å². The molecule has 138 valence electrons. The van der Waals surface area contributed by atoms with Crippen LogP contribution in [0.5, 0.6) is 5.75 Å². The van der Waals surface area contributed by atoms with E-state index in [4.69, 9.17) is 9.84 Å². The monoisotopic (exact) mass is 354 g/mol. The van der Waals surface area contributed by atoms with E-state index in [2.05, 4.69) is 0 Å². The van der Waals surface area contributed by atoms with Crippen LogP contribution >= 0.6 is 0 Å². The molecule has 4 nitrogen and oxygen atoms in total. The van der Waals surface area contributed by atoms with Crippen LogP contribution < -0.4 is 4.74 Å². The Morgan fingerprint density at radius 1 is 1.08 bits per heavy atom. The number of hydrogen-bond donors (Lipinski definition) is 1. The normalized spacial score (nSPS) is 35.7. The van der Waals surface area contributed by atoms with E-state index in [9.17, 15) is 9.59 Å². The lowest BCUT2D eigenvalue weighted by molar-refractivity contribution is -0.136. The molecule has 0 aromatic heterocycles. The van der Waals surface area contributed by atoms with Gasteiger partial charge in [0, 0.05) is 11.5 Å². The lowest BCUT2D eigenvalue weighted by atomic mass is 9.63. The molecule has 1 aromatic rings. The van der Waals surface area contributed by atoms with Crippen molar-refractivity contribution in [2.75, 3.05) is 0 Å². The number of rotatable bonds is 4. The van der Waals surface area contributed by atoms with Crippen molar-refractivity contribution in [1.82, 2.24) is 0 Å². The van der Waals surface area contributed by atoms with Crippen molar-refractivity contribution in [3.63, 3.8) is 0 Å². The second kappa shape index (κ2) is 6.11. The predicted molar refractivity (Wildman–Crippen MR) is 96.3 cm³/mol. The van der Waals surface area contributed by atoms with E-state index < -0.39 is 5.97 Å². The molecule has 3 saturated carbocycles. The van der Waals surface area contributed by atoms with Crippen LogP contribution in [0.2, 0.25) is 0 Å². The summed E-state index contributed by atoms with van der Waals surface area (Å²) in [6, 6.07) is 5.36. The predicted octanol–water partition coefficient (Wildman–Crippen LogP) is 4.11. The van der Waals surface area contributed by atoms with Crippen LogP contribution in [-0.4, -0.2) is 23.0 Å². The first-order chi connectivity index (χ1) is 12.6. The molecule has 5 rings (SSSR count). The third kappa shape index (κ3) is 2.49. The van der Waals surface area contributed by atoms with Crippen LogP contribution in [0.3, 0.4) is 0 Å². The van der Waals surface area contributed by atoms with E-state index in [1.54, 1.807) is 18.2 Å². The van der Waals surface area contributed by atoms with Gasteiger partial charge in [-0.25, -0.2) is 0 Å². The van der Waals surface area contributed by atoms with Crippen LogP contribution in [0, 0.1) is 29.6 Å². The number of Topliss-reactive ketones (excluding diaryl/α,β-unsaturated/α-hetero) is 1. The largest absolute Gasteiger partial charge is 0.488 e. The van der Waals surface area contributed by atoms with Gasteiger partial charge >= 0.3 is 5.97 Å². The Morgan fingerprint density at radius 3 is 2.54 bits per heavy atom. The Hall–Kier alpha value is -1.84. The average Bonchev–Trinajstić information content (AvgIpc) is 3.29. The number of hydrogen-bond acceptors (Lipinski definition) is 3. The summed E-state index contributed by atoms with van der Waals surface area (Å²) in [7, 11) is 0. The molecule has 4 aliphatic rings. The summed E-state index contributed by atoms with van der Waals surface area (Å²) < 4.78 is 6.27. The summed E-state index contributed by atoms with van der Waals surface area (Å²) in [5.41, 5.74) is 1.23. The molecule has 0 amide bonds. The number of aliphatic carboxylic acids is 1. The molecule has 0 saturated heterocycles. The molecule has 1 heterocycles. The first-order valence-electron chi connectivity index (χ1n) is 10.2. The maximum Gasteiger partial charge on any atom is 0.307 e. The Kier molecular flexibility index (Phi) is 3.84. The van der Waals surface area contributed by atoms with Gasteiger partial charge in [0.25, 0.3) is 0 Å². The summed E-state index contributed by atoms with van der Waals surface area (Å²) in [5, 5.41) is 9.16. The number of para-hydroxylation sites is 1. The minimum atomic E-state index is -0.888. The summed E-state index contributed by atoms with van der Waals surface area (Å²) >= 11 is 0. The van der Waals surface area contributed by atoms with Gasteiger partial charge in [-0.2, -0.15) is 0 Å². The van der Waals surface area contributed by atoms with Crippen molar-refractivity contribution >= 4 is 11.8 Å². The van der Waals surface area contributed by atoms with Gasteiger partial charge in [-0.1, -0.05) is 44.2 Å². The van der Waals surface area contributed by atoms with Crippen LogP contribution in [0.15, 0.2) is 18.2 Å². The number of carbonyl (C=O) groups is 2. The number of carboxylic acid groups (broad SMARTS) is 1. The van der Waals surface area contributed by atoms with Gasteiger partial charge in [0.1, 0.15) is 11.9 Å². The van der Waals surface area contributed by atoms with Crippen molar-refractivity contribution in [2.24, 2.45) is 29.6 Å². The number of ether oxygens (including phenoxy) is 1. The summed E-state index contributed by atoms with van der Waals surface area (Å²) in [4.78, 5) is 24.2. The number of ketones is 1. The first kappa shape index (κ1) is 16.3. The zero-order valence-electron chi connectivity index (χ0n) is 15.0. The Morgan fingerprint density at radius 2 is 1.85 bits per heavy atom. The molecular formula is C22H26O4. The van der Waals surface area contributed by atoms with E-state index in [0.717, 1.165) is 11.8 Å². The second-order valence-electron chi connectivity index (χ2n) is 8.72. The number of fused-ring (bicyclic) bond motifs is 2. The molecular weight excluding hydrogens is 328 g/mol. The average molecular weight is 354 g/mol. The van der Waals surface area contributed by atoms with Gasteiger partial charge in [-0.3, -0.25) is 9.59 Å². The van der Waals surface area contributed by atoms with Gasteiger partial charge in [0.05, 0.1) is 17.9 Å². The quantitative estimate of drug-likeness (QED) is 0.884. The van der Waals surface area contributed by atoms with Gasteiger partial charge in [0.2, 0.25) is 0 Å². The molecule has 0 spiro atoms. The van der Waals surface area contributed by atoms with Gasteiger partial charge in [-0.05, 0) is 36.7 Å². The van der Waals surface area contributed by atoms with E-state index in [-0.39, 0.29) is 24.2 Å². The highest BCUT2D eigenvalue weighted by Gasteiger charge is 2.64. The number of carbonyl (C=O) groups excluding carboxylic acids is 1. The SMILES string of the molecule is O=C(O)Cc1cccc2c1OC1C(C2=O)C1C1CCCCC1C1CCC1. The van der Waals surface area contributed by atoms with Crippen LogP contribution in [0.1, 0.15) is 60.9 Å². The molecule has 5 atom stereocenters. The summed E-state index contributed by atoms with van der Waals surface area (Å²) in [6.07, 6.45) is 9.13. The number of carboxylic acids is 1. The fraction of sp³-hybridized carbons (Fsp3) is 0.636. The van der Waals surface area contributed by atoms with Crippen LogP contribution in [0.4, 0.5) is 0 Å². The standard InChI is InChI=1S/C22H26O4/c23-17(24)11-13-7-4-10-16-20(25)19-18(22(19)26-21(13)16)15-9-2-1-8-14(15)12-5-3-6-12/h4,7,10,12,14-15,18-19,22H,1-3,5-6,8-9,11H2,(H,23,24). The van der Waals surface area contributed by atoms with Gasteiger partial charge in [-0.15, -0.1) is 0 Å². The smallest absolute Gasteiger partial charge is 0.307 e. The van der Waals surface area contributed by atoms with Crippen molar-refractivity contribution in [2.45, 2.75) is 57.5 Å². The minimum Gasteiger partial charge on any atom is -0.488 e. The van der Waals surface area contributed by atoms with E-state index in [1.165, 1.54) is 44.9 Å². The summed E-state index contributed by atoms with van der Waals surface area (Å²) in [6.45, 7) is 0. The van der Waals surface area contributed by atoms with Crippen molar-refractivity contribution in [1.29, 1.82) is 0 Å². The molecule has 0 bridgehead atoms. The Balaban J connectivity index is 1.41. The first-order valence-corrected chi connectivity index (χ1v) is 10.2. The molecule has 1 N–H and O–H groups in total. The minimum absolute atomic E-state index is 0.00764. The number of benzene rings is 1. The maximum absolute atomic E-state index is 13.1. The maximum atomic E-state index is 13.1. The van der Waals surface area contributed by atoms with Gasteiger partial charge in [0.15, 0.2) is 5.78 Å². The van der Waals surface area contributed by atoms with E-state index in [0.29, 0.717) is 28.7 Å². The highest BCUT2D eigenvalue weighted by atomic mass is 16.5. The highest BCUT2D eigenvalue weighted by Crippen LogP contribution is 2.59. The van der Waals surface area contributed by atoms with E-state index in [1.807, 2.05) is 0 Å². The van der Waals surface area contributed by atoms with Crippen LogP contribution in [-0.2, 0) is 11.2 Å². The zero-order valence-corrected chi connectivity index (χ0v) is 15.0. The molecule has 3 fully saturated rings. The Labute approximate surface area is 153 Å². The molecule has 0 radical (unpaired) electrons. The topological polar surface area (TPSA) is 63.6 Å². The molecule has 26 heavy (non-hydrogen) atoms. The molecule has 1 aliphatic heterocycles. The van der Waals surface area contributed by atoms with E-state index >= 15 is 0 Å². The fourth-order valence-electron chi connectivity index (χ4n) is 5.95. The molecule has 3 aliphatic carbocycles. The molecule has 5 unspecified atom stereocenters. The highest BCUT2D eigenvalue weighted by molar-refractivity contribution is 6.04. The van der Waals surface area contributed by atoms with Crippen LogP contribution in [0.25, 0.3) is 0 Å². The summed E-state index contributed by atoms with van der Waals surface area (Å²) in [5.74, 6) is 2.44. The lowest BCUT2D eigenvalue weighted by Crippen LogP contribution is -2.33. The third-order valence-electron chi connectivity index (χ3n) is 7.39. The third-order valence-corrected chi connectivity index (χ3v) is 7.39. The van der Waals surface area contributed by atoms with Crippen molar-refractivity contribution < 1.29 is 19.4 Å². The fourth-order valence-corrected chi connectivity index (χ4v) is 5.95. The Bertz CT molecular complexity index is 751. The van der Waals surface area contributed by atoms with Crippen molar-refractivity contribution in [3.8, 4) is 5.75 Å². The lowest BCUT2D eigenvalue weighted by Gasteiger charge is -2.42. The molecule has 4 heteroatoms.